The minimum atomic E-state index is 0.00675. The maximum Gasteiger partial charge on any atom is 0.231 e. The van der Waals surface area contributed by atoms with Crippen LogP contribution in [0.2, 0.25) is 0 Å². The molecule has 22 heavy (non-hydrogen) atoms. The average Bonchev–Trinajstić information content (AvgIpc) is 2.47. The van der Waals surface area contributed by atoms with E-state index in [1.54, 1.807) is 24.3 Å². The van der Waals surface area contributed by atoms with Crippen LogP contribution in [0.15, 0.2) is 24.3 Å². The van der Waals surface area contributed by atoms with Crippen molar-refractivity contribution in [3.05, 3.63) is 45.8 Å². The first-order chi connectivity index (χ1) is 10.5. The van der Waals surface area contributed by atoms with E-state index < -0.39 is 0 Å². The Labute approximate surface area is 124 Å². The molecule has 0 fully saturated rings. The molecule has 0 aliphatic heterocycles. The largest absolute Gasteiger partial charge is 0.290 e. The summed E-state index contributed by atoms with van der Waals surface area (Å²) in [7, 11) is 0. The van der Waals surface area contributed by atoms with Crippen molar-refractivity contribution in [2.24, 2.45) is 0 Å². The van der Waals surface area contributed by atoms with Gasteiger partial charge in [-0.15, -0.1) is 0 Å². The van der Waals surface area contributed by atoms with Crippen LogP contribution >= 0.6 is 0 Å². The lowest BCUT2D eigenvalue weighted by molar-refractivity contribution is -0.110. The minimum absolute atomic E-state index is 0.00675. The zero-order chi connectivity index (χ0) is 16.5. The first kappa shape index (κ1) is 16.6. The van der Waals surface area contributed by atoms with Crippen molar-refractivity contribution < 1.29 is 19.2 Å². The molecule has 6 heteroatoms. The van der Waals surface area contributed by atoms with Crippen LogP contribution in [0.5, 0.6) is 0 Å². The number of isocyanates is 2. The molecule has 0 atom stereocenters. The third-order valence-corrected chi connectivity index (χ3v) is 2.74. The van der Waals surface area contributed by atoms with Crippen LogP contribution in [-0.4, -0.2) is 23.7 Å². The van der Waals surface area contributed by atoms with Gasteiger partial charge in [-0.05, 0) is 58.0 Å². The van der Waals surface area contributed by atoms with Crippen LogP contribution < -0.4 is 10.4 Å². The maximum absolute atomic E-state index is 11.2. The number of allylic oxidation sites excluding steroid dienone is 2. The number of carbonyl (C=O) groups excluding carboxylic acids is 4. The van der Waals surface area contributed by atoms with E-state index in [1.807, 2.05) is 12.1 Å². The molecule has 0 radical (unpaired) electrons. The summed E-state index contributed by atoms with van der Waals surface area (Å²) in [4.78, 5) is 39.1. The molecule has 0 aromatic heterocycles. The van der Waals surface area contributed by atoms with Gasteiger partial charge in [0.25, 0.3) is 0 Å². The van der Waals surface area contributed by atoms with E-state index in [9.17, 15) is 9.59 Å². The summed E-state index contributed by atoms with van der Waals surface area (Å²) in [6, 6.07) is 3.87. The topological polar surface area (TPSA) is 116 Å². The maximum atomic E-state index is 11.2. The van der Waals surface area contributed by atoms with E-state index >= 15 is 0 Å². The monoisotopic (exact) mass is 294 g/mol. The van der Waals surface area contributed by atoms with Gasteiger partial charge in [0.05, 0.1) is 0 Å². The summed E-state index contributed by atoms with van der Waals surface area (Å²) >= 11 is 0. The van der Waals surface area contributed by atoms with Crippen LogP contribution in [0.1, 0.15) is 11.1 Å². The van der Waals surface area contributed by atoms with Gasteiger partial charge in [-0.1, -0.05) is 12.2 Å². The van der Waals surface area contributed by atoms with Crippen LogP contribution in [0.4, 0.5) is 0 Å². The number of carbonyl (C=O) groups is 2. The van der Waals surface area contributed by atoms with Crippen LogP contribution in [0, 0.1) is 10.8 Å². The Kier molecular flexibility index (Phi) is 6.01. The fraction of sp³-hybridized carbons (Fsp3) is 0. The molecule has 1 aromatic rings. The molecule has 6 nitrogen and oxygen atoms in total. The van der Waals surface area contributed by atoms with Gasteiger partial charge in [-0.3, -0.25) is 9.59 Å². The smallest absolute Gasteiger partial charge is 0.231 e. The summed E-state index contributed by atoms with van der Waals surface area (Å²) in [5.41, 5.74) is 1.97. The van der Waals surface area contributed by atoms with E-state index in [-0.39, 0.29) is 11.6 Å². The molecule has 0 amide bonds. The molecule has 2 N–H and O–H groups in total. The second-order valence-electron chi connectivity index (χ2n) is 4.07. The Morgan fingerprint density at radius 3 is 1.32 bits per heavy atom. The zero-order valence-corrected chi connectivity index (χ0v) is 11.3. The second kappa shape index (κ2) is 7.97. The SMILES string of the molecule is N=C=O.N=C=O.O=C1C=Cc2cc3c(cc2=C1)C=CC(=O)C=3. The van der Waals surface area contributed by atoms with E-state index in [1.165, 1.54) is 12.2 Å². The van der Waals surface area contributed by atoms with Gasteiger partial charge in [0.2, 0.25) is 12.2 Å². The van der Waals surface area contributed by atoms with Crippen LogP contribution in [0.25, 0.3) is 24.3 Å². The number of ketones is 2. The predicted molar refractivity (Wildman–Crippen MR) is 79.5 cm³/mol. The Balaban J connectivity index is 0.000000353. The van der Waals surface area contributed by atoms with Crippen molar-refractivity contribution in [1.82, 2.24) is 0 Å². The quantitative estimate of drug-likeness (QED) is 0.526. The van der Waals surface area contributed by atoms with Gasteiger partial charge >= 0.3 is 0 Å². The van der Waals surface area contributed by atoms with Crippen molar-refractivity contribution in [2.45, 2.75) is 0 Å². The normalized spacial score (nSPS) is 12.5. The first-order valence-corrected chi connectivity index (χ1v) is 5.95. The molecule has 0 unspecified atom stereocenters. The number of hydrogen-bond acceptors (Lipinski definition) is 6. The van der Waals surface area contributed by atoms with Crippen molar-refractivity contribution >= 4 is 48.0 Å². The lowest BCUT2D eigenvalue weighted by atomic mass is 9.97. The minimum Gasteiger partial charge on any atom is -0.290 e. The summed E-state index contributed by atoms with van der Waals surface area (Å²) in [6.45, 7) is 0. The van der Waals surface area contributed by atoms with Gasteiger partial charge in [0, 0.05) is 0 Å². The third kappa shape index (κ3) is 4.28. The van der Waals surface area contributed by atoms with Crippen LogP contribution in [0.3, 0.4) is 0 Å². The molecule has 1 aromatic carbocycles. The van der Waals surface area contributed by atoms with Crippen molar-refractivity contribution in [2.75, 3.05) is 0 Å². The van der Waals surface area contributed by atoms with E-state index in [4.69, 9.17) is 20.4 Å². The fourth-order valence-electron chi connectivity index (χ4n) is 1.95. The van der Waals surface area contributed by atoms with Crippen molar-refractivity contribution in [3.63, 3.8) is 0 Å². The van der Waals surface area contributed by atoms with Gasteiger partial charge in [0.15, 0.2) is 11.6 Å². The van der Waals surface area contributed by atoms with Crippen molar-refractivity contribution in [3.8, 4) is 0 Å². The molecule has 108 valence electrons. The van der Waals surface area contributed by atoms with E-state index in [2.05, 4.69) is 0 Å². The van der Waals surface area contributed by atoms with Crippen molar-refractivity contribution in [1.29, 1.82) is 10.8 Å². The third-order valence-electron chi connectivity index (χ3n) is 2.74. The Bertz CT molecular complexity index is 790. The number of fused-ring (bicyclic) bond motifs is 2. The molecule has 3 rings (SSSR count). The summed E-state index contributed by atoms with van der Waals surface area (Å²) in [5.74, 6) is 0.0135. The highest BCUT2D eigenvalue weighted by Gasteiger charge is 2.06. The standard InChI is InChI=1S/C14H8O2.2CHNO/c15-13-3-1-9-5-12-8-14(16)4-2-10(12)6-11(9)7-13;2*2-1-3/h1-8H;2*2H. The molecule has 2 aliphatic rings. The van der Waals surface area contributed by atoms with Gasteiger partial charge in [-0.25, -0.2) is 20.4 Å². The molecule has 0 spiro atoms. The number of benzene rings is 1. The first-order valence-electron chi connectivity index (χ1n) is 5.95. The average molecular weight is 294 g/mol. The van der Waals surface area contributed by atoms with Gasteiger partial charge in [-0.2, -0.15) is 0 Å². The molecule has 0 saturated carbocycles. The highest BCUT2D eigenvalue weighted by atomic mass is 16.1. The predicted octanol–water partition coefficient (Wildman–Crippen LogP) is 0.241. The fourth-order valence-corrected chi connectivity index (χ4v) is 1.95. The Morgan fingerprint density at radius 1 is 0.682 bits per heavy atom. The Hall–Kier alpha value is -3.46. The summed E-state index contributed by atoms with van der Waals surface area (Å²) in [5, 5.41) is 12.6. The number of rotatable bonds is 0. The molecule has 0 bridgehead atoms. The van der Waals surface area contributed by atoms with Gasteiger partial charge in [0.1, 0.15) is 0 Å². The van der Waals surface area contributed by atoms with E-state index in [0.29, 0.717) is 0 Å². The lowest BCUT2D eigenvalue weighted by Crippen LogP contribution is -2.21. The molecule has 2 aliphatic carbocycles. The van der Waals surface area contributed by atoms with Crippen LogP contribution in [-0.2, 0) is 19.2 Å². The molecule has 0 saturated heterocycles. The summed E-state index contributed by atoms with van der Waals surface area (Å²) in [6.07, 6.45) is 11.4. The highest BCUT2D eigenvalue weighted by molar-refractivity contribution is 6.18. The zero-order valence-electron chi connectivity index (χ0n) is 11.3. The lowest BCUT2D eigenvalue weighted by Gasteiger charge is -2.06. The Morgan fingerprint density at radius 2 is 1.00 bits per heavy atom. The number of hydrogen-bond donors (Lipinski definition) is 2. The van der Waals surface area contributed by atoms with E-state index in [0.717, 1.165) is 33.7 Å². The molecule has 0 heterocycles. The molecular formula is C16H10N2O4. The molecular weight excluding hydrogens is 284 g/mol. The highest BCUT2D eigenvalue weighted by Crippen LogP contribution is 2.05. The second-order valence-corrected chi connectivity index (χ2v) is 4.07. The number of nitrogens with one attached hydrogen (secondary N) is 2. The van der Waals surface area contributed by atoms with Gasteiger partial charge < -0.3 is 0 Å². The summed E-state index contributed by atoms with van der Waals surface area (Å²) < 4.78 is 0.